The molecule has 31 heavy (non-hydrogen) atoms. The predicted molar refractivity (Wildman–Crippen MR) is 116 cm³/mol. The first-order valence-corrected chi connectivity index (χ1v) is 10.9. The van der Waals surface area contributed by atoms with Crippen LogP contribution in [0.1, 0.15) is 41.5 Å². The lowest BCUT2D eigenvalue weighted by Crippen LogP contribution is -2.26. The van der Waals surface area contributed by atoms with Gasteiger partial charge in [0.2, 0.25) is 10.0 Å². The van der Waals surface area contributed by atoms with E-state index in [1.807, 2.05) is 0 Å². The van der Waals surface area contributed by atoms with E-state index in [1.54, 1.807) is 32.9 Å². The highest BCUT2D eigenvalue weighted by atomic mass is 32.2. The maximum atomic E-state index is 12.7. The molecule has 9 heteroatoms. The number of hydrogen-bond donors (Lipinski definition) is 1. The van der Waals surface area contributed by atoms with Crippen molar-refractivity contribution in [1.29, 1.82) is 0 Å². The van der Waals surface area contributed by atoms with E-state index in [-0.39, 0.29) is 34.1 Å². The summed E-state index contributed by atoms with van der Waals surface area (Å²) in [5.41, 5.74) is -0.281. The number of carbonyl (C=O) groups excluding carboxylic acids is 3. The van der Waals surface area contributed by atoms with E-state index in [1.165, 1.54) is 50.5 Å². The Morgan fingerprint density at radius 1 is 1.00 bits per heavy atom. The van der Waals surface area contributed by atoms with Crippen molar-refractivity contribution in [2.24, 2.45) is 5.41 Å². The van der Waals surface area contributed by atoms with Gasteiger partial charge in [-0.15, -0.1) is 0 Å². The summed E-state index contributed by atoms with van der Waals surface area (Å²) in [4.78, 5) is 37.2. The minimum Gasteiger partial charge on any atom is -0.454 e. The normalized spacial score (nSPS) is 11.8. The van der Waals surface area contributed by atoms with Crippen LogP contribution in [0.2, 0.25) is 0 Å². The molecule has 8 nitrogen and oxygen atoms in total. The van der Waals surface area contributed by atoms with Gasteiger partial charge in [0, 0.05) is 25.1 Å². The molecule has 2 rings (SSSR count). The number of amides is 1. The molecule has 0 aliphatic rings. The summed E-state index contributed by atoms with van der Waals surface area (Å²) in [5, 5.41) is 2.60. The lowest BCUT2D eigenvalue weighted by Gasteiger charge is -2.17. The molecule has 0 atom stereocenters. The third-order valence-corrected chi connectivity index (χ3v) is 6.25. The molecule has 0 aliphatic heterocycles. The Labute approximate surface area is 182 Å². The molecule has 1 amide bonds. The van der Waals surface area contributed by atoms with E-state index in [4.69, 9.17) is 4.74 Å². The molecule has 166 valence electrons. The minimum absolute atomic E-state index is 0.0291. The first kappa shape index (κ1) is 24.2. The topological polar surface area (TPSA) is 110 Å². The third kappa shape index (κ3) is 5.99. The average Bonchev–Trinajstić information content (AvgIpc) is 2.71. The molecule has 0 saturated heterocycles. The van der Waals surface area contributed by atoms with Crippen molar-refractivity contribution >= 4 is 33.4 Å². The van der Waals surface area contributed by atoms with Gasteiger partial charge in [0.25, 0.3) is 5.91 Å². The predicted octanol–water partition coefficient (Wildman–Crippen LogP) is 2.96. The van der Waals surface area contributed by atoms with Crippen LogP contribution in [-0.4, -0.2) is 51.1 Å². The highest BCUT2D eigenvalue weighted by Crippen LogP contribution is 2.20. The molecule has 0 aromatic heterocycles. The van der Waals surface area contributed by atoms with Crippen LogP contribution < -0.4 is 5.32 Å². The Bertz CT molecular complexity index is 1100. The quantitative estimate of drug-likeness (QED) is 0.655. The highest BCUT2D eigenvalue weighted by molar-refractivity contribution is 7.89. The van der Waals surface area contributed by atoms with Gasteiger partial charge < -0.3 is 10.1 Å². The molecule has 2 aromatic carbocycles. The summed E-state index contributed by atoms with van der Waals surface area (Å²) in [6, 6.07) is 11.8. The van der Waals surface area contributed by atoms with Crippen LogP contribution in [0.5, 0.6) is 0 Å². The van der Waals surface area contributed by atoms with Gasteiger partial charge in [-0.2, -0.15) is 0 Å². The molecule has 0 bridgehead atoms. The van der Waals surface area contributed by atoms with Crippen LogP contribution in [0.3, 0.4) is 0 Å². The number of nitrogens with zero attached hydrogens (tertiary/aromatic N) is 1. The van der Waals surface area contributed by atoms with Crippen molar-refractivity contribution in [2.75, 3.05) is 26.0 Å². The van der Waals surface area contributed by atoms with Crippen molar-refractivity contribution in [3.05, 3.63) is 59.7 Å². The molecular formula is C22H26N2O6S. The maximum Gasteiger partial charge on any atom is 0.340 e. The zero-order chi connectivity index (χ0) is 23.4. The van der Waals surface area contributed by atoms with Gasteiger partial charge in [-0.25, -0.2) is 17.5 Å². The highest BCUT2D eigenvalue weighted by Gasteiger charge is 2.24. The number of sulfonamides is 1. The van der Waals surface area contributed by atoms with Gasteiger partial charge in [0.1, 0.15) is 0 Å². The number of ether oxygens (including phenoxy) is 1. The molecular weight excluding hydrogens is 420 g/mol. The average molecular weight is 447 g/mol. The third-order valence-electron chi connectivity index (χ3n) is 4.44. The van der Waals surface area contributed by atoms with Crippen LogP contribution in [0.25, 0.3) is 0 Å². The number of nitrogens with one attached hydrogen (secondary N) is 1. The molecule has 0 saturated carbocycles. The van der Waals surface area contributed by atoms with E-state index in [9.17, 15) is 22.8 Å². The second-order valence-corrected chi connectivity index (χ2v) is 10.2. The van der Waals surface area contributed by atoms with Gasteiger partial charge in [0.15, 0.2) is 12.4 Å². The lowest BCUT2D eigenvalue weighted by atomic mass is 9.91. The van der Waals surface area contributed by atoms with Crippen molar-refractivity contribution in [3.63, 3.8) is 0 Å². The van der Waals surface area contributed by atoms with E-state index >= 15 is 0 Å². The fraction of sp³-hybridized carbons (Fsp3) is 0.318. The number of para-hydroxylation sites is 1. The maximum absolute atomic E-state index is 12.7. The molecule has 0 radical (unpaired) electrons. The van der Waals surface area contributed by atoms with Crippen molar-refractivity contribution < 1.29 is 27.5 Å². The number of Topliss-reactive ketones (excluding diaryl/α,β-unsaturated/α-hetero) is 1. The second-order valence-electron chi connectivity index (χ2n) is 8.06. The summed E-state index contributed by atoms with van der Waals surface area (Å²) >= 11 is 0. The first-order chi connectivity index (χ1) is 14.3. The summed E-state index contributed by atoms with van der Waals surface area (Å²) in [6.07, 6.45) is 0. The van der Waals surface area contributed by atoms with Crippen LogP contribution >= 0.6 is 0 Å². The van der Waals surface area contributed by atoms with Crippen LogP contribution in [0, 0.1) is 5.41 Å². The molecule has 0 unspecified atom stereocenters. The standard InChI is InChI=1S/C22H26N2O6S/c1-22(2,3)19(25)14-30-21(27)17-11-6-7-12-18(17)23-20(26)15-9-8-10-16(13-15)31(28,29)24(4)5/h6-13H,14H2,1-5H3,(H,23,26). The van der Waals surface area contributed by atoms with Gasteiger partial charge in [0.05, 0.1) is 16.1 Å². The van der Waals surface area contributed by atoms with Crippen molar-refractivity contribution in [3.8, 4) is 0 Å². The van der Waals surface area contributed by atoms with E-state index in [0.717, 1.165) is 4.31 Å². The molecule has 0 fully saturated rings. The number of esters is 1. The smallest absolute Gasteiger partial charge is 0.340 e. The zero-order valence-electron chi connectivity index (χ0n) is 18.1. The second kappa shape index (κ2) is 9.40. The van der Waals surface area contributed by atoms with E-state index in [2.05, 4.69) is 5.32 Å². The Morgan fingerprint density at radius 3 is 2.26 bits per heavy atom. The Hall–Kier alpha value is -3.04. The number of ketones is 1. The number of rotatable bonds is 7. The van der Waals surface area contributed by atoms with Crippen LogP contribution in [-0.2, 0) is 19.6 Å². The Kier molecular flexibility index (Phi) is 7.35. The number of benzene rings is 2. The minimum atomic E-state index is -3.71. The van der Waals surface area contributed by atoms with Gasteiger partial charge in [-0.1, -0.05) is 39.0 Å². The number of hydrogen-bond acceptors (Lipinski definition) is 6. The summed E-state index contributed by atoms with van der Waals surface area (Å²) in [5.74, 6) is -1.58. The molecule has 0 aliphatic carbocycles. The van der Waals surface area contributed by atoms with Gasteiger partial charge in [-0.3, -0.25) is 9.59 Å². The fourth-order valence-corrected chi connectivity index (χ4v) is 3.35. The van der Waals surface area contributed by atoms with Crippen molar-refractivity contribution in [1.82, 2.24) is 4.31 Å². The molecule has 2 aromatic rings. The number of anilines is 1. The molecule has 0 heterocycles. The largest absolute Gasteiger partial charge is 0.454 e. The molecule has 1 N–H and O–H groups in total. The summed E-state index contributed by atoms with van der Waals surface area (Å²) < 4.78 is 30.8. The van der Waals surface area contributed by atoms with Crippen molar-refractivity contribution in [2.45, 2.75) is 25.7 Å². The fourth-order valence-electron chi connectivity index (χ4n) is 2.40. The Morgan fingerprint density at radius 2 is 1.65 bits per heavy atom. The van der Waals surface area contributed by atoms with Crippen LogP contribution in [0.4, 0.5) is 5.69 Å². The zero-order valence-corrected chi connectivity index (χ0v) is 18.9. The van der Waals surface area contributed by atoms with Gasteiger partial charge >= 0.3 is 5.97 Å². The molecule has 0 spiro atoms. The SMILES string of the molecule is CN(C)S(=O)(=O)c1cccc(C(=O)Nc2ccccc2C(=O)OCC(=O)C(C)(C)C)c1. The summed E-state index contributed by atoms with van der Waals surface area (Å²) in [6.45, 7) is 4.79. The Balaban J connectivity index is 2.22. The first-order valence-electron chi connectivity index (χ1n) is 9.47. The number of carbonyl (C=O) groups is 3. The van der Waals surface area contributed by atoms with E-state index in [0.29, 0.717) is 0 Å². The van der Waals surface area contributed by atoms with Gasteiger partial charge in [-0.05, 0) is 30.3 Å². The monoisotopic (exact) mass is 446 g/mol. The van der Waals surface area contributed by atoms with E-state index < -0.39 is 27.3 Å². The lowest BCUT2D eigenvalue weighted by molar-refractivity contribution is -0.129. The summed E-state index contributed by atoms with van der Waals surface area (Å²) in [7, 11) is -0.913. The van der Waals surface area contributed by atoms with Crippen LogP contribution in [0.15, 0.2) is 53.4 Å².